The summed E-state index contributed by atoms with van der Waals surface area (Å²) in [6.07, 6.45) is 8.80. The van der Waals surface area contributed by atoms with Crippen LogP contribution in [0.1, 0.15) is 44.9 Å². The minimum atomic E-state index is -0.210. The molecule has 2 aliphatic rings. The van der Waals surface area contributed by atoms with Crippen molar-refractivity contribution in [3.63, 3.8) is 0 Å². The maximum atomic E-state index is 13.7. The number of halogens is 2. The van der Waals surface area contributed by atoms with Gasteiger partial charge in [-0.25, -0.2) is 4.39 Å². The Hall–Kier alpha value is -0.610. The molecule has 1 atom stereocenters. The van der Waals surface area contributed by atoms with Crippen molar-refractivity contribution in [2.75, 3.05) is 11.9 Å². The van der Waals surface area contributed by atoms with Crippen LogP contribution >= 0.6 is 15.9 Å². The summed E-state index contributed by atoms with van der Waals surface area (Å²) in [5.74, 6) is -0.210. The third-order valence-corrected chi connectivity index (χ3v) is 5.05. The van der Waals surface area contributed by atoms with Gasteiger partial charge in [0.25, 0.3) is 0 Å². The van der Waals surface area contributed by atoms with Crippen molar-refractivity contribution < 1.29 is 9.13 Å². The molecule has 110 valence electrons. The predicted molar refractivity (Wildman–Crippen MR) is 82.5 cm³/mol. The Kier molecular flexibility index (Phi) is 4.32. The van der Waals surface area contributed by atoms with E-state index in [1.54, 1.807) is 12.1 Å². The smallest absolute Gasteiger partial charge is 0.146 e. The fourth-order valence-corrected chi connectivity index (χ4v) is 3.82. The molecule has 2 fully saturated rings. The molecular formula is C16H21BrFNO. The number of hydrogen-bond donors (Lipinski definition) is 1. The number of rotatable bonds is 3. The highest BCUT2D eigenvalue weighted by Gasteiger charge is 2.40. The molecule has 0 amide bonds. The van der Waals surface area contributed by atoms with Crippen molar-refractivity contribution in [3.8, 4) is 0 Å². The molecule has 4 heteroatoms. The largest absolute Gasteiger partial charge is 0.380 e. The first-order valence-corrected chi connectivity index (χ1v) is 8.33. The summed E-state index contributed by atoms with van der Waals surface area (Å²) in [5.41, 5.74) is 0.688. The summed E-state index contributed by atoms with van der Waals surface area (Å²) >= 11 is 3.37. The van der Waals surface area contributed by atoms with Gasteiger partial charge in [-0.05, 0) is 43.9 Å². The first kappa shape index (κ1) is 14.3. The summed E-state index contributed by atoms with van der Waals surface area (Å²) < 4.78 is 20.8. The zero-order valence-corrected chi connectivity index (χ0v) is 13.2. The van der Waals surface area contributed by atoms with E-state index in [0.29, 0.717) is 12.2 Å². The lowest BCUT2D eigenvalue weighted by Crippen LogP contribution is -2.33. The third-order valence-electron chi connectivity index (χ3n) is 4.55. The molecule has 0 radical (unpaired) electrons. The van der Waals surface area contributed by atoms with Gasteiger partial charge >= 0.3 is 0 Å². The molecule has 0 bridgehead atoms. The molecule has 1 heterocycles. The Bertz CT molecular complexity index is 474. The third kappa shape index (κ3) is 3.17. The highest BCUT2D eigenvalue weighted by Crippen LogP contribution is 2.41. The van der Waals surface area contributed by atoms with Crippen LogP contribution in [-0.4, -0.2) is 18.2 Å². The van der Waals surface area contributed by atoms with Gasteiger partial charge in [0.05, 0.1) is 17.4 Å². The quantitative estimate of drug-likeness (QED) is 0.845. The van der Waals surface area contributed by atoms with E-state index in [4.69, 9.17) is 4.74 Å². The Morgan fingerprint density at radius 1 is 1.25 bits per heavy atom. The summed E-state index contributed by atoms with van der Waals surface area (Å²) in [5, 5.41) is 3.19. The molecule has 1 aliphatic heterocycles. The zero-order chi connectivity index (χ0) is 14.0. The van der Waals surface area contributed by atoms with E-state index in [0.717, 1.165) is 10.9 Å². The number of ether oxygens (including phenoxy) is 1. The minimum absolute atomic E-state index is 0.139. The molecule has 1 N–H and O–H groups in total. The molecule has 0 aromatic heterocycles. The van der Waals surface area contributed by atoms with E-state index >= 15 is 0 Å². The van der Waals surface area contributed by atoms with E-state index in [-0.39, 0.29) is 17.5 Å². The summed E-state index contributed by atoms with van der Waals surface area (Å²) in [7, 11) is 0. The van der Waals surface area contributed by atoms with Crippen LogP contribution in [0.5, 0.6) is 0 Å². The van der Waals surface area contributed by atoms with E-state index in [1.165, 1.54) is 44.6 Å². The van der Waals surface area contributed by atoms with Crippen LogP contribution in [0.15, 0.2) is 22.7 Å². The second-order valence-corrected chi connectivity index (χ2v) is 6.94. The lowest BCUT2D eigenvalue weighted by molar-refractivity contribution is -0.0588. The number of hydrogen-bond acceptors (Lipinski definition) is 2. The SMILES string of the molecule is Fc1ccc(Br)cc1NCC1CCC2(CCCCC2)O1. The predicted octanol–water partition coefficient (Wildman–Crippen LogP) is 4.88. The van der Waals surface area contributed by atoms with Crippen molar-refractivity contribution in [1.82, 2.24) is 0 Å². The molecule has 3 rings (SSSR count). The standard InChI is InChI=1S/C16H21BrFNO/c17-12-4-5-14(18)15(10-12)19-11-13-6-9-16(20-13)7-2-1-3-8-16/h4-5,10,13,19H,1-3,6-9,11H2. The second kappa shape index (κ2) is 6.02. The highest BCUT2D eigenvalue weighted by molar-refractivity contribution is 9.10. The van der Waals surface area contributed by atoms with Gasteiger partial charge in [-0.15, -0.1) is 0 Å². The van der Waals surface area contributed by atoms with Crippen molar-refractivity contribution >= 4 is 21.6 Å². The summed E-state index contributed by atoms with van der Waals surface area (Å²) in [4.78, 5) is 0. The first-order valence-electron chi connectivity index (χ1n) is 7.54. The van der Waals surface area contributed by atoms with Gasteiger partial charge in [0, 0.05) is 11.0 Å². The number of benzene rings is 1. The van der Waals surface area contributed by atoms with Gasteiger partial charge < -0.3 is 10.1 Å². The van der Waals surface area contributed by atoms with Gasteiger partial charge in [-0.2, -0.15) is 0 Å². The van der Waals surface area contributed by atoms with Crippen LogP contribution in [-0.2, 0) is 4.74 Å². The molecule has 2 nitrogen and oxygen atoms in total. The Balaban J connectivity index is 1.56. The molecule has 1 spiro atoms. The fraction of sp³-hybridized carbons (Fsp3) is 0.625. The monoisotopic (exact) mass is 341 g/mol. The maximum Gasteiger partial charge on any atom is 0.146 e. The van der Waals surface area contributed by atoms with E-state index < -0.39 is 0 Å². The molecule has 1 aliphatic carbocycles. The minimum Gasteiger partial charge on any atom is -0.380 e. The van der Waals surface area contributed by atoms with E-state index in [1.807, 2.05) is 0 Å². The van der Waals surface area contributed by atoms with Crippen LogP contribution < -0.4 is 5.32 Å². The van der Waals surface area contributed by atoms with Crippen LogP contribution in [0, 0.1) is 5.82 Å². The highest BCUT2D eigenvalue weighted by atomic mass is 79.9. The van der Waals surface area contributed by atoms with Gasteiger partial charge in [0.2, 0.25) is 0 Å². The molecule has 1 saturated heterocycles. The first-order chi connectivity index (χ1) is 9.67. The fourth-order valence-electron chi connectivity index (χ4n) is 3.46. The average molecular weight is 342 g/mol. The lowest BCUT2D eigenvalue weighted by Gasteiger charge is -2.33. The molecule has 1 saturated carbocycles. The second-order valence-electron chi connectivity index (χ2n) is 6.03. The van der Waals surface area contributed by atoms with Gasteiger partial charge in [-0.3, -0.25) is 0 Å². The van der Waals surface area contributed by atoms with E-state index in [2.05, 4.69) is 21.2 Å². The Morgan fingerprint density at radius 2 is 2.05 bits per heavy atom. The average Bonchev–Trinajstić information content (AvgIpc) is 2.84. The summed E-state index contributed by atoms with van der Waals surface area (Å²) in [6.45, 7) is 0.690. The van der Waals surface area contributed by atoms with Crippen LogP contribution in [0.2, 0.25) is 0 Å². The molecule has 1 aromatic rings. The van der Waals surface area contributed by atoms with Crippen LogP contribution in [0.25, 0.3) is 0 Å². The topological polar surface area (TPSA) is 21.3 Å². The van der Waals surface area contributed by atoms with Gasteiger partial charge in [-0.1, -0.05) is 35.2 Å². The van der Waals surface area contributed by atoms with Crippen molar-refractivity contribution in [3.05, 3.63) is 28.5 Å². The Morgan fingerprint density at radius 3 is 2.85 bits per heavy atom. The lowest BCUT2D eigenvalue weighted by atomic mass is 9.83. The van der Waals surface area contributed by atoms with E-state index in [9.17, 15) is 4.39 Å². The Labute approximate surface area is 128 Å². The molecular weight excluding hydrogens is 321 g/mol. The van der Waals surface area contributed by atoms with Crippen molar-refractivity contribution in [2.45, 2.75) is 56.7 Å². The zero-order valence-electron chi connectivity index (χ0n) is 11.6. The van der Waals surface area contributed by atoms with Crippen molar-refractivity contribution in [2.24, 2.45) is 0 Å². The summed E-state index contributed by atoms with van der Waals surface area (Å²) in [6, 6.07) is 4.97. The van der Waals surface area contributed by atoms with Crippen LogP contribution in [0.4, 0.5) is 10.1 Å². The number of anilines is 1. The van der Waals surface area contributed by atoms with Gasteiger partial charge in [0.1, 0.15) is 5.82 Å². The maximum absolute atomic E-state index is 13.7. The molecule has 1 unspecified atom stereocenters. The normalized spacial score (nSPS) is 25.0. The van der Waals surface area contributed by atoms with Gasteiger partial charge in [0.15, 0.2) is 0 Å². The molecule has 20 heavy (non-hydrogen) atoms. The van der Waals surface area contributed by atoms with Crippen LogP contribution in [0.3, 0.4) is 0 Å². The van der Waals surface area contributed by atoms with Crippen molar-refractivity contribution in [1.29, 1.82) is 0 Å². The number of nitrogens with one attached hydrogen (secondary N) is 1. The molecule has 1 aromatic carbocycles.